The third-order valence-electron chi connectivity index (χ3n) is 3.01. The van der Waals surface area contributed by atoms with Gasteiger partial charge in [-0.3, -0.25) is 9.52 Å². The van der Waals surface area contributed by atoms with Gasteiger partial charge < -0.3 is 5.32 Å². The second kappa shape index (κ2) is 4.61. The second-order valence-electron chi connectivity index (χ2n) is 4.58. The molecule has 0 aliphatic carbocycles. The predicted molar refractivity (Wildman–Crippen MR) is 69.9 cm³/mol. The lowest BCUT2D eigenvalue weighted by atomic mass is 10.0. The molecular formula is C12H16N2O3S. The number of sulfonamides is 1. The van der Waals surface area contributed by atoms with Gasteiger partial charge in [-0.2, -0.15) is 0 Å². The molecule has 0 bridgehead atoms. The monoisotopic (exact) mass is 268 g/mol. The normalized spacial score (nSPS) is 18.3. The molecule has 1 aliphatic heterocycles. The summed E-state index contributed by atoms with van der Waals surface area (Å²) in [6, 6.07) is 7.42. The van der Waals surface area contributed by atoms with Crippen LogP contribution in [-0.4, -0.2) is 26.1 Å². The summed E-state index contributed by atoms with van der Waals surface area (Å²) in [5.41, 5.74) is 1.73. The SMILES string of the molecule is CC(C)S(=O)(=O)NC(=O)C1CNc2ccccc21. The van der Waals surface area contributed by atoms with E-state index in [2.05, 4.69) is 10.0 Å². The van der Waals surface area contributed by atoms with Crippen molar-refractivity contribution in [3.63, 3.8) is 0 Å². The minimum absolute atomic E-state index is 0.429. The summed E-state index contributed by atoms with van der Waals surface area (Å²) in [4.78, 5) is 12.0. The van der Waals surface area contributed by atoms with E-state index in [1.807, 2.05) is 24.3 Å². The molecule has 18 heavy (non-hydrogen) atoms. The van der Waals surface area contributed by atoms with E-state index in [0.29, 0.717) is 6.54 Å². The highest BCUT2D eigenvalue weighted by Crippen LogP contribution is 2.31. The molecule has 98 valence electrons. The molecule has 1 aromatic carbocycles. The van der Waals surface area contributed by atoms with Gasteiger partial charge in [0.05, 0.1) is 11.2 Å². The van der Waals surface area contributed by atoms with Gasteiger partial charge >= 0.3 is 0 Å². The number of para-hydroxylation sites is 1. The van der Waals surface area contributed by atoms with Crippen LogP contribution in [0.15, 0.2) is 24.3 Å². The Morgan fingerprint density at radius 2 is 2.06 bits per heavy atom. The van der Waals surface area contributed by atoms with Crippen molar-refractivity contribution in [2.75, 3.05) is 11.9 Å². The Morgan fingerprint density at radius 1 is 1.39 bits per heavy atom. The van der Waals surface area contributed by atoms with E-state index in [9.17, 15) is 13.2 Å². The van der Waals surface area contributed by atoms with E-state index in [1.54, 1.807) is 0 Å². The van der Waals surface area contributed by atoms with Crippen LogP contribution in [0.4, 0.5) is 5.69 Å². The summed E-state index contributed by atoms with van der Waals surface area (Å²) in [5.74, 6) is -0.920. The standard InChI is InChI=1S/C12H16N2O3S/c1-8(2)18(16,17)14-12(15)10-7-13-11-6-4-3-5-9(10)11/h3-6,8,10,13H,7H2,1-2H3,(H,14,15). The number of amides is 1. The maximum Gasteiger partial charge on any atom is 0.242 e. The highest BCUT2D eigenvalue weighted by Gasteiger charge is 2.31. The van der Waals surface area contributed by atoms with Crippen LogP contribution in [0.5, 0.6) is 0 Å². The van der Waals surface area contributed by atoms with Gasteiger partial charge in [0.15, 0.2) is 0 Å². The Morgan fingerprint density at radius 3 is 2.72 bits per heavy atom. The van der Waals surface area contributed by atoms with Crippen molar-refractivity contribution in [3.05, 3.63) is 29.8 Å². The van der Waals surface area contributed by atoms with Gasteiger partial charge in [0.2, 0.25) is 15.9 Å². The molecule has 1 atom stereocenters. The molecular weight excluding hydrogens is 252 g/mol. The fourth-order valence-electron chi connectivity index (χ4n) is 1.85. The topological polar surface area (TPSA) is 75.3 Å². The van der Waals surface area contributed by atoms with Gasteiger partial charge in [-0.1, -0.05) is 18.2 Å². The van der Waals surface area contributed by atoms with Crippen molar-refractivity contribution in [1.29, 1.82) is 0 Å². The summed E-state index contributed by atoms with van der Waals surface area (Å²) in [7, 11) is -3.56. The largest absolute Gasteiger partial charge is 0.384 e. The zero-order chi connectivity index (χ0) is 13.3. The van der Waals surface area contributed by atoms with Gasteiger partial charge in [0, 0.05) is 12.2 Å². The Kier molecular flexibility index (Phi) is 3.30. The molecule has 1 unspecified atom stereocenters. The molecule has 1 aliphatic rings. The molecule has 0 saturated carbocycles. The predicted octanol–water partition coefficient (Wildman–Crippen LogP) is 1.05. The minimum Gasteiger partial charge on any atom is -0.384 e. The lowest BCUT2D eigenvalue weighted by Crippen LogP contribution is -2.39. The first-order valence-electron chi connectivity index (χ1n) is 5.80. The van der Waals surface area contributed by atoms with E-state index >= 15 is 0 Å². The maximum absolute atomic E-state index is 12.0. The highest BCUT2D eigenvalue weighted by atomic mass is 32.2. The number of anilines is 1. The Balaban J connectivity index is 2.18. The molecule has 6 heteroatoms. The van der Waals surface area contributed by atoms with E-state index in [-0.39, 0.29) is 0 Å². The van der Waals surface area contributed by atoms with Crippen LogP contribution in [0.25, 0.3) is 0 Å². The summed E-state index contributed by atoms with van der Waals surface area (Å²) in [6.07, 6.45) is 0. The van der Waals surface area contributed by atoms with Crippen LogP contribution in [0, 0.1) is 0 Å². The number of hydrogen-bond acceptors (Lipinski definition) is 4. The maximum atomic E-state index is 12.0. The molecule has 0 fully saturated rings. The quantitative estimate of drug-likeness (QED) is 0.859. The van der Waals surface area contributed by atoms with Gasteiger partial charge in [-0.25, -0.2) is 8.42 Å². The van der Waals surface area contributed by atoms with E-state index in [1.165, 1.54) is 13.8 Å². The number of benzene rings is 1. The highest BCUT2D eigenvalue weighted by molar-refractivity contribution is 7.90. The lowest BCUT2D eigenvalue weighted by molar-refractivity contribution is -0.120. The summed E-state index contributed by atoms with van der Waals surface area (Å²) < 4.78 is 25.4. The van der Waals surface area contributed by atoms with Crippen molar-refractivity contribution >= 4 is 21.6 Å². The molecule has 0 saturated heterocycles. The average Bonchev–Trinajstić information content (AvgIpc) is 2.71. The number of carbonyl (C=O) groups is 1. The molecule has 1 heterocycles. The summed E-state index contributed by atoms with van der Waals surface area (Å²) >= 11 is 0. The first-order valence-corrected chi connectivity index (χ1v) is 7.34. The fraction of sp³-hybridized carbons (Fsp3) is 0.417. The molecule has 0 radical (unpaired) electrons. The average molecular weight is 268 g/mol. The smallest absolute Gasteiger partial charge is 0.242 e. The van der Waals surface area contributed by atoms with Crippen molar-refractivity contribution < 1.29 is 13.2 Å². The Hall–Kier alpha value is -1.56. The third-order valence-corrected chi connectivity index (χ3v) is 4.74. The minimum atomic E-state index is -3.56. The van der Waals surface area contributed by atoms with Crippen LogP contribution in [0.2, 0.25) is 0 Å². The molecule has 2 rings (SSSR count). The van der Waals surface area contributed by atoms with E-state index in [0.717, 1.165) is 11.3 Å². The van der Waals surface area contributed by atoms with Gasteiger partial charge in [-0.05, 0) is 25.5 Å². The number of hydrogen-bond donors (Lipinski definition) is 2. The third kappa shape index (κ3) is 2.33. The first-order chi connectivity index (χ1) is 8.42. The molecule has 0 spiro atoms. The number of nitrogens with one attached hydrogen (secondary N) is 2. The first kappa shape index (κ1) is 12.9. The van der Waals surface area contributed by atoms with Crippen LogP contribution in [-0.2, 0) is 14.8 Å². The Labute approximate surface area is 107 Å². The molecule has 0 aromatic heterocycles. The van der Waals surface area contributed by atoms with Gasteiger partial charge in [-0.15, -0.1) is 0 Å². The number of carbonyl (C=O) groups excluding carboxylic acids is 1. The zero-order valence-electron chi connectivity index (χ0n) is 10.3. The van der Waals surface area contributed by atoms with Crippen molar-refractivity contribution in [1.82, 2.24) is 4.72 Å². The van der Waals surface area contributed by atoms with Crippen LogP contribution in [0.1, 0.15) is 25.3 Å². The van der Waals surface area contributed by atoms with Gasteiger partial charge in [0.1, 0.15) is 0 Å². The number of rotatable bonds is 3. The van der Waals surface area contributed by atoms with Crippen molar-refractivity contribution in [2.45, 2.75) is 25.0 Å². The fourth-order valence-corrected chi connectivity index (χ4v) is 2.51. The molecule has 1 aromatic rings. The molecule has 1 amide bonds. The molecule has 5 nitrogen and oxygen atoms in total. The zero-order valence-corrected chi connectivity index (χ0v) is 11.1. The van der Waals surface area contributed by atoms with Crippen molar-refractivity contribution in [2.24, 2.45) is 0 Å². The summed E-state index contributed by atoms with van der Waals surface area (Å²) in [6.45, 7) is 3.51. The Bertz CT molecular complexity index is 566. The molecule has 2 N–H and O–H groups in total. The van der Waals surface area contributed by atoms with Crippen LogP contribution < -0.4 is 10.0 Å². The van der Waals surface area contributed by atoms with Crippen LogP contribution >= 0.6 is 0 Å². The van der Waals surface area contributed by atoms with Gasteiger partial charge in [0.25, 0.3) is 0 Å². The lowest BCUT2D eigenvalue weighted by Gasteiger charge is -2.13. The van der Waals surface area contributed by atoms with E-state index in [4.69, 9.17) is 0 Å². The van der Waals surface area contributed by atoms with E-state index < -0.39 is 27.1 Å². The summed E-state index contributed by atoms with van der Waals surface area (Å²) in [5, 5.41) is 2.47. The van der Waals surface area contributed by atoms with Crippen LogP contribution in [0.3, 0.4) is 0 Å². The van der Waals surface area contributed by atoms with Crippen molar-refractivity contribution in [3.8, 4) is 0 Å². The number of fused-ring (bicyclic) bond motifs is 1. The second-order valence-corrected chi connectivity index (χ2v) is 6.82.